The Morgan fingerprint density at radius 1 is 1.17 bits per heavy atom. The molecule has 2 aromatic carbocycles. The van der Waals surface area contributed by atoms with E-state index in [4.69, 9.17) is 5.73 Å². The molecule has 0 aliphatic heterocycles. The summed E-state index contributed by atoms with van der Waals surface area (Å²) in [5.74, 6) is 0. The zero-order chi connectivity index (χ0) is 16.1. The number of aromatic amines is 1. The molecule has 23 heavy (non-hydrogen) atoms. The van der Waals surface area contributed by atoms with Gasteiger partial charge in [0.15, 0.2) is 0 Å². The van der Waals surface area contributed by atoms with Crippen LogP contribution in [0, 0.1) is 0 Å². The van der Waals surface area contributed by atoms with Crippen LogP contribution in [-0.2, 0) is 6.42 Å². The van der Waals surface area contributed by atoms with Crippen molar-refractivity contribution in [1.82, 2.24) is 9.71 Å². The Balaban J connectivity index is 1.84. The molecular weight excluding hydrogens is 306 g/mol. The van der Waals surface area contributed by atoms with Crippen LogP contribution in [0.15, 0.2) is 65.7 Å². The molecule has 1 heterocycles. The summed E-state index contributed by atoms with van der Waals surface area (Å²) in [5.41, 5.74) is 8.57. The van der Waals surface area contributed by atoms with Gasteiger partial charge < -0.3 is 10.7 Å². The van der Waals surface area contributed by atoms with Crippen molar-refractivity contribution < 1.29 is 4.79 Å². The van der Waals surface area contributed by atoms with Crippen molar-refractivity contribution in [3.8, 4) is 0 Å². The van der Waals surface area contributed by atoms with Crippen LogP contribution in [0.2, 0.25) is 0 Å². The summed E-state index contributed by atoms with van der Waals surface area (Å²) in [5, 5.41) is 1.18. The standard InChI is InChI=1S/C18H17N3OS/c19-18(22)21-23-16(11-13-4-2-1-3-5-13)12-14-6-7-17-15(10-14)8-9-20-17/h1-11,20H,12H2,(H3,19,21,22). The number of hydrogen-bond acceptors (Lipinski definition) is 2. The van der Waals surface area contributed by atoms with Crippen LogP contribution in [0.3, 0.4) is 0 Å². The minimum atomic E-state index is -0.546. The van der Waals surface area contributed by atoms with Crippen LogP contribution >= 0.6 is 11.9 Å². The predicted octanol–water partition coefficient (Wildman–Crippen LogP) is 4.07. The highest BCUT2D eigenvalue weighted by atomic mass is 32.2. The molecule has 0 saturated carbocycles. The first-order valence-corrected chi connectivity index (χ1v) is 8.06. The molecule has 0 bridgehead atoms. The highest BCUT2D eigenvalue weighted by Gasteiger charge is 2.05. The van der Waals surface area contributed by atoms with E-state index in [1.165, 1.54) is 22.9 Å². The number of carbonyl (C=O) groups excluding carboxylic acids is 1. The highest BCUT2D eigenvalue weighted by Crippen LogP contribution is 2.23. The van der Waals surface area contributed by atoms with Gasteiger partial charge in [-0.25, -0.2) is 4.79 Å². The summed E-state index contributed by atoms with van der Waals surface area (Å²) in [4.78, 5) is 15.2. The minimum Gasteiger partial charge on any atom is -0.361 e. The Kier molecular flexibility index (Phi) is 4.68. The minimum absolute atomic E-state index is 0.546. The molecule has 1 aromatic heterocycles. The maximum atomic E-state index is 11.0. The van der Waals surface area contributed by atoms with Gasteiger partial charge in [-0.3, -0.25) is 4.72 Å². The van der Waals surface area contributed by atoms with Gasteiger partial charge in [0.05, 0.1) is 0 Å². The SMILES string of the molecule is NC(=O)NSC(=Cc1ccccc1)Cc1ccc2[nH]ccc2c1. The number of nitrogens with one attached hydrogen (secondary N) is 2. The van der Waals surface area contributed by atoms with E-state index < -0.39 is 6.03 Å². The molecule has 5 heteroatoms. The van der Waals surface area contributed by atoms with Crippen LogP contribution in [0.4, 0.5) is 4.79 Å². The molecular formula is C18H17N3OS. The van der Waals surface area contributed by atoms with E-state index in [0.717, 1.165) is 22.4 Å². The zero-order valence-corrected chi connectivity index (χ0v) is 13.3. The first-order valence-electron chi connectivity index (χ1n) is 7.24. The number of H-pyrrole nitrogens is 1. The summed E-state index contributed by atoms with van der Waals surface area (Å²) < 4.78 is 2.60. The van der Waals surface area contributed by atoms with Gasteiger partial charge in [-0.05, 0) is 52.7 Å². The smallest absolute Gasteiger partial charge is 0.322 e. The van der Waals surface area contributed by atoms with E-state index in [1.54, 1.807) is 0 Å². The molecule has 0 atom stereocenters. The maximum Gasteiger partial charge on any atom is 0.322 e. The number of primary amides is 1. The molecule has 0 saturated heterocycles. The molecule has 0 aliphatic rings. The number of fused-ring (bicyclic) bond motifs is 1. The van der Waals surface area contributed by atoms with E-state index in [0.29, 0.717) is 0 Å². The van der Waals surface area contributed by atoms with Crippen LogP contribution in [0.1, 0.15) is 11.1 Å². The first-order chi connectivity index (χ1) is 11.2. The Hall–Kier alpha value is -2.66. The van der Waals surface area contributed by atoms with E-state index in [2.05, 4.69) is 34.0 Å². The first kappa shape index (κ1) is 15.2. The number of amides is 2. The van der Waals surface area contributed by atoms with Crippen molar-refractivity contribution in [3.05, 3.63) is 76.8 Å². The largest absolute Gasteiger partial charge is 0.361 e. The number of carbonyl (C=O) groups is 1. The van der Waals surface area contributed by atoms with Gasteiger partial charge in [0.1, 0.15) is 0 Å². The number of urea groups is 1. The molecule has 0 aliphatic carbocycles. The second kappa shape index (κ2) is 7.07. The number of allylic oxidation sites excluding steroid dienone is 1. The Morgan fingerprint density at radius 3 is 2.78 bits per heavy atom. The van der Waals surface area contributed by atoms with Crippen molar-refractivity contribution in [2.24, 2.45) is 5.73 Å². The highest BCUT2D eigenvalue weighted by molar-refractivity contribution is 8.01. The quantitative estimate of drug-likeness (QED) is 0.619. The van der Waals surface area contributed by atoms with Crippen molar-refractivity contribution in [1.29, 1.82) is 0 Å². The Labute approximate surface area is 138 Å². The fourth-order valence-electron chi connectivity index (χ4n) is 2.38. The number of benzene rings is 2. The van der Waals surface area contributed by atoms with Gasteiger partial charge in [0.2, 0.25) is 0 Å². The number of rotatable bonds is 5. The summed E-state index contributed by atoms with van der Waals surface area (Å²) in [6.45, 7) is 0. The summed E-state index contributed by atoms with van der Waals surface area (Å²) >= 11 is 1.26. The molecule has 0 fully saturated rings. The van der Waals surface area contributed by atoms with Crippen LogP contribution in [0.5, 0.6) is 0 Å². The number of aromatic nitrogens is 1. The fraction of sp³-hybridized carbons (Fsp3) is 0.0556. The van der Waals surface area contributed by atoms with Crippen molar-refractivity contribution in [2.75, 3.05) is 0 Å². The summed E-state index contributed by atoms with van der Waals surface area (Å²) in [7, 11) is 0. The maximum absolute atomic E-state index is 11.0. The fourth-order valence-corrected chi connectivity index (χ4v) is 3.05. The number of nitrogens with two attached hydrogens (primary N) is 1. The second-order valence-electron chi connectivity index (χ2n) is 5.17. The van der Waals surface area contributed by atoms with Crippen molar-refractivity contribution in [3.63, 3.8) is 0 Å². The third-order valence-corrected chi connectivity index (χ3v) is 4.23. The lowest BCUT2D eigenvalue weighted by Crippen LogP contribution is -2.23. The normalized spacial score (nSPS) is 11.6. The van der Waals surface area contributed by atoms with Crippen LogP contribution in [0.25, 0.3) is 17.0 Å². The topological polar surface area (TPSA) is 70.9 Å². The van der Waals surface area contributed by atoms with Gasteiger partial charge in [-0.15, -0.1) is 0 Å². The van der Waals surface area contributed by atoms with E-state index >= 15 is 0 Å². The van der Waals surface area contributed by atoms with Gasteiger partial charge in [-0.1, -0.05) is 36.4 Å². The van der Waals surface area contributed by atoms with Gasteiger partial charge in [0, 0.05) is 23.0 Å². The molecule has 0 unspecified atom stereocenters. The zero-order valence-electron chi connectivity index (χ0n) is 12.5. The van der Waals surface area contributed by atoms with Gasteiger partial charge in [-0.2, -0.15) is 0 Å². The number of hydrogen-bond donors (Lipinski definition) is 3. The Morgan fingerprint density at radius 2 is 2.00 bits per heavy atom. The van der Waals surface area contributed by atoms with Crippen molar-refractivity contribution >= 4 is 35.0 Å². The molecule has 0 radical (unpaired) electrons. The average Bonchev–Trinajstić information content (AvgIpc) is 3.01. The average molecular weight is 323 g/mol. The summed E-state index contributed by atoms with van der Waals surface area (Å²) in [6, 6.07) is 17.8. The third-order valence-electron chi connectivity index (χ3n) is 3.41. The molecule has 4 N–H and O–H groups in total. The Bertz CT molecular complexity index is 840. The lowest BCUT2D eigenvalue weighted by molar-refractivity contribution is 0.254. The van der Waals surface area contributed by atoms with E-state index in [9.17, 15) is 4.79 Å². The summed E-state index contributed by atoms with van der Waals surface area (Å²) in [6.07, 6.45) is 4.71. The molecule has 0 spiro atoms. The van der Waals surface area contributed by atoms with Gasteiger partial charge >= 0.3 is 6.03 Å². The molecule has 3 aromatic rings. The third kappa shape index (κ3) is 4.17. The van der Waals surface area contributed by atoms with Crippen LogP contribution < -0.4 is 10.5 Å². The lowest BCUT2D eigenvalue weighted by atomic mass is 10.1. The van der Waals surface area contributed by atoms with Gasteiger partial charge in [0.25, 0.3) is 0 Å². The molecule has 2 amide bonds. The molecule has 3 rings (SSSR count). The van der Waals surface area contributed by atoms with E-state index in [-0.39, 0.29) is 0 Å². The van der Waals surface area contributed by atoms with Crippen molar-refractivity contribution in [2.45, 2.75) is 6.42 Å². The molecule has 116 valence electrons. The lowest BCUT2D eigenvalue weighted by Gasteiger charge is -2.08. The van der Waals surface area contributed by atoms with E-state index in [1.807, 2.05) is 42.6 Å². The van der Waals surface area contributed by atoms with Crippen LogP contribution in [-0.4, -0.2) is 11.0 Å². The predicted molar refractivity (Wildman–Crippen MR) is 96.7 cm³/mol. The monoisotopic (exact) mass is 323 g/mol. The second-order valence-corrected chi connectivity index (χ2v) is 6.10. The molecule has 4 nitrogen and oxygen atoms in total.